The van der Waals surface area contributed by atoms with Gasteiger partial charge in [0.25, 0.3) is 0 Å². The van der Waals surface area contributed by atoms with Crippen LogP contribution < -0.4 is 10.6 Å². The Morgan fingerprint density at radius 3 is 2.69 bits per heavy atom. The predicted octanol–water partition coefficient (Wildman–Crippen LogP) is 0.185. The lowest BCUT2D eigenvalue weighted by molar-refractivity contribution is -0.142. The molecular formula is C10H18N2O4. The van der Waals surface area contributed by atoms with Gasteiger partial charge in [-0.3, -0.25) is 0 Å². The van der Waals surface area contributed by atoms with Gasteiger partial charge in [-0.2, -0.15) is 0 Å². The third-order valence-corrected chi connectivity index (χ3v) is 2.54. The van der Waals surface area contributed by atoms with Crippen molar-refractivity contribution in [2.45, 2.75) is 25.8 Å². The van der Waals surface area contributed by atoms with Crippen LogP contribution in [0.4, 0.5) is 4.79 Å². The molecule has 2 amide bonds. The van der Waals surface area contributed by atoms with Crippen molar-refractivity contribution in [2.75, 3.05) is 19.8 Å². The van der Waals surface area contributed by atoms with Crippen LogP contribution in [0.25, 0.3) is 0 Å². The number of carbonyl (C=O) groups excluding carboxylic acids is 1. The summed E-state index contributed by atoms with van der Waals surface area (Å²) in [7, 11) is 0. The molecule has 0 bridgehead atoms. The number of carboxylic acids is 1. The van der Waals surface area contributed by atoms with Gasteiger partial charge in [-0.25, -0.2) is 9.59 Å². The van der Waals surface area contributed by atoms with E-state index in [2.05, 4.69) is 10.6 Å². The van der Waals surface area contributed by atoms with Gasteiger partial charge in [-0.15, -0.1) is 0 Å². The summed E-state index contributed by atoms with van der Waals surface area (Å²) in [6.45, 7) is 4.78. The number of carbonyl (C=O) groups is 2. The molecule has 1 aliphatic heterocycles. The number of hydrogen-bond donors (Lipinski definition) is 3. The molecule has 0 aromatic heterocycles. The molecule has 1 fully saturated rings. The van der Waals surface area contributed by atoms with E-state index in [9.17, 15) is 9.59 Å². The first-order valence-electron chi connectivity index (χ1n) is 5.29. The molecule has 0 aliphatic carbocycles. The summed E-state index contributed by atoms with van der Waals surface area (Å²) in [4.78, 5) is 22.1. The van der Waals surface area contributed by atoms with E-state index in [0.29, 0.717) is 19.1 Å². The van der Waals surface area contributed by atoms with Gasteiger partial charge < -0.3 is 20.5 Å². The Morgan fingerprint density at radius 2 is 2.19 bits per heavy atom. The zero-order valence-electron chi connectivity index (χ0n) is 9.58. The summed E-state index contributed by atoms with van der Waals surface area (Å²) in [6.07, 6.45) is 0.933. The zero-order valence-corrected chi connectivity index (χ0v) is 9.58. The topological polar surface area (TPSA) is 87.7 Å². The van der Waals surface area contributed by atoms with E-state index in [0.717, 1.165) is 13.0 Å². The normalized spacial score (nSPS) is 20.5. The van der Waals surface area contributed by atoms with Gasteiger partial charge in [0.2, 0.25) is 0 Å². The predicted molar refractivity (Wildman–Crippen MR) is 57.2 cm³/mol. The van der Waals surface area contributed by atoms with Gasteiger partial charge in [0.1, 0.15) is 5.54 Å². The summed E-state index contributed by atoms with van der Waals surface area (Å²) < 4.78 is 5.16. The smallest absolute Gasteiger partial charge is 0.328 e. The van der Waals surface area contributed by atoms with Gasteiger partial charge >= 0.3 is 12.0 Å². The summed E-state index contributed by atoms with van der Waals surface area (Å²) in [6, 6.07) is -0.459. The van der Waals surface area contributed by atoms with E-state index in [-0.39, 0.29) is 0 Å². The van der Waals surface area contributed by atoms with Crippen LogP contribution in [0.2, 0.25) is 0 Å². The molecule has 6 nitrogen and oxygen atoms in total. The summed E-state index contributed by atoms with van der Waals surface area (Å²) in [5.41, 5.74) is -1.25. The number of hydrogen-bond acceptors (Lipinski definition) is 3. The zero-order chi connectivity index (χ0) is 12.2. The van der Waals surface area contributed by atoms with Crippen LogP contribution in [0.15, 0.2) is 0 Å². The Bertz CT molecular complexity index is 272. The van der Waals surface area contributed by atoms with Crippen molar-refractivity contribution in [3.05, 3.63) is 0 Å². The minimum atomic E-state index is -1.25. The average molecular weight is 230 g/mol. The number of rotatable bonds is 4. The molecule has 16 heavy (non-hydrogen) atoms. The number of carboxylic acid groups (broad SMARTS) is 1. The molecule has 0 aromatic rings. The number of urea groups is 1. The second-order valence-corrected chi connectivity index (χ2v) is 4.49. The van der Waals surface area contributed by atoms with E-state index < -0.39 is 17.5 Å². The molecule has 1 atom stereocenters. The monoisotopic (exact) mass is 230 g/mol. The highest BCUT2D eigenvalue weighted by Gasteiger charge is 2.29. The van der Waals surface area contributed by atoms with Crippen LogP contribution in [0.5, 0.6) is 0 Å². The number of amides is 2. The number of ether oxygens (including phenoxy) is 1. The lowest BCUT2D eigenvalue weighted by Crippen LogP contribution is -2.53. The second-order valence-electron chi connectivity index (χ2n) is 4.49. The van der Waals surface area contributed by atoms with Crippen LogP contribution in [-0.4, -0.2) is 42.4 Å². The lowest BCUT2D eigenvalue weighted by atomic mass is 10.1. The molecule has 1 unspecified atom stereocenters. The Labute approximate surface area is 94.3 Å². The second kappa shape index (κ2) is 5.16. The summed E-state index contributed by atoms with van der Waals surface area (Å²) >= 11 is 0. The first-order chi connectivity index (χ1) is 7.42. The van der Waals surface area contributed by atoms with Crippen LogP contribution in [-0.2, 0) is 9.53 Å². The molecule has 0 spiro atoms. The van der Waals surface area contributed by atoms with Gasteiger partial charge in [0.15, 0.2) is 0 Å². The van der Waals surface area contributed by atoms with Crippen molar-refractivity contribution >= 4 is 12.0 Å². The minimum absolute atomic E-state index is 0.332. The molecule has 92 valence electrons. The summed E-state index contributed by atoms with van der Waals surface area (Å²) in [5.74, 6) is -0.731. The maximum Gasteiger partial charge on any atom is 0.328 e. The molecule has 0 saturated carbocycles. The highest BCUT2D eigenvalue weighted by Crippen LogP contribution is 2.10. The first-order valence-corrected chi connectivity index (χ1v) is 5.29. The van der Waals surface area contributed by atoms with E-state index in [1.165, 1.54) is 13.8 Å². The Balaban J connectivity index is 2.27. The summed E-state index contributed by atoms with van der Waals surface area (Å²) in [5, 5.41) is 13.8. The van der Waals surface area contributed by atoms with Crippen molar-refractivity contribution < 1.29 is 19.4 Å². The maximum atomic E-state index is 11.4. The fourth-order valence-corrected chi connectivity index (χ4v) is 1.36. The third kappa shape index (κ3) is 3.69. The molecule has 1 heterocycles. The molecule has 1 rings (SSSR count). The largest absolute Gasteiger partial charge is 0.480 e. The fourth-order valence-electron chi connectivity index (χ4n) is 1.36. The molecule has 3 N–H and O–H groups in total. The highest BCUT2D eigenvalue weighted by atomic mass is 16.5. The van der Waals surface area contributed by atoms with Crippen LogP contribution in [0.3, 0.4) is 0 Å². The number of nitrogens with one attached hydrogen (secondary N) is 2. The van der Waals surface area contributed by atoms with E-state index in [1.54, 1.807) is 0 Å². The van der Waals surface area contributed by atoms with Gasteiger partial charge in [0.05, 0.1) is 6.61 Å². The number of aliphatic carboxylic acids is 1. The molecular weight excluding hydrogens is 212 g/mol. The van der Waals surface area contributed by atoms with Crippen molar-refractivity contribution in [1.82, 2.24) is 10.6 Å². The lowest BCUT2D eigenvalue weighted by Gasteiger charge is -2.21. The third-order valence-electron chi connectivity index (χ3n) is 2.54. The van der Waals surface area contributed by atoms with E-state index in [1.807, 2.05) is 0 Å². The van der Waals surface area contributed by atoms with Crippen LogP contribution >= 0.6 is 0 Å². The van der Waals surface area contributed by atoms with Gasteiger partial charge in [-0.05, 0) is 20.3 Å². The quantitative estimate of drug-likeness (QED) is 0.643. The molecule has 6 heteroatoms. The van der Waals surface area contributed by atoms with Gasteiger partial charge in [-0.1, -0.05) is 0 Å². The molecule has 1 saturated heterocycles. The molecule has 0 radical (unpaired) electrons. The van der Waals surface area contributed by atoms with Crippen molar-refractivity contribution in [1.29, 1.82) is 0 Å². The highest BCUT2D eigenvalue weighted by molar-refractivity contribution is 5.85. The Morgan fingerprint density at radius 1 is 1.50 bits per heavy atom. The fraction of sp³-hybridized carbons (Fsp3) is 0.800. The maximum absolute atomic E-state index is 11.4. The van der Waals surface area contributed by atoms with Crippen molar-refractivity contribution in [2.24, 2.45) is 5.92 Å². The van der Waals surface area contributed by atoms with E-state index in [4.69, 9.17) is 9.84 Å². The Hall–Kier alpha value is -1.30. The van der Waals surface area contributed by atoms with Gasteiger partial charge in [0, 0.05) is 19.1 Å². The van der Waals surface area contributed by atoms with Crippen molar-refractivity contribution in [3.8, 4) is 0 Å². The first kappa shape index (κ1) is 12.8. The standard InChI is InChI=1S/C10H18N2O4/c1-10(2,8(13)14)12-9(15)11-5-7-3-4-16-6-7/h7H,3-6H2,1-2H3,(H,13,14)(H2,11,12,15). The molecule has 0 aromatic carbocycles. The Kier molecular flexibility index (Phi) is 4.12. The van der Waals surface area contributed by atoms with Crippen LogP contribution in [0, 0.1) is 5.92 Å². The minimum Gasteiger partial charge on any atom is -0.480 e. The molecule has 1 aliphatic rings. The van der Waals surface area contributed by atoms with Crippen molar-refractivity contribution in [3.63, 3.8) is 0 Å². The average Bonchev–Trinajstić information content (AvgIpc) is 2.66. The van der Waals surface area contributed by atoms with E-state index >= 15 is 0 Å². The SMILES string of the molecule is CC(C)(NC(=O)NCC1CCOC1)C(=O)O. The van der Waals surface area contributed by atoms with Crippen LogP contribution in [0.1, 0.15) is 20.3 Å².